The van der Waals surface area contributed by atoms with Crippen molar-refractivity contribution < 1.29 is 13.2 Å². The van der Waals surface area contributed by atoms with E-state index < -0.39 is 10.0 Å². The average molecular weight is 299 g/mol. The molecule has 0 aliphatic carbocycles. The van der Waals surface area contributed by atoms with Crippen LogP contribution in [0.15, 0.2) is 29.2 Å². The van der Waals surface area contributed by atoms with Crippen LogP contribution < -0.4 is 4.74 Å². The Morgan fingerprint density at radius 1 is 0.950 bits per heavy atom. The number of nitrogens with zero attached hydrogens (tertiary/aromatic N) is 1. The van der Waals surface area contributed by atoms with Gasteiger partial charge in [0, 0.05) is 13.1 Å². The van der Waals surface area contributed by atoms with Gasteiger partial charge in [-0.05, 0) is 43.5 Å². The topological polar surface area (TPSA) is 46.6 Å². The van der Waals surface area contributed by atoms with Gasteiger partial charge < -0.3 is 4.74 Å². The second-order valence-electron chi connectivity index (χ2n) is 4.72. The number of benzene rings is 1. The molecule has 1 aromatic rings. The summed E-state index contributed by atoms with van der Waals surface area (Å²) >= 11 is 0. The normalized spacial score (nSPS) is 11.8. The third-order valence-electron chi connectivity index (χ3n) is 2.88. The predicted octanol–water partition coefficient (Wildman–Crippen LogP) is 3.29. The zero-order chi connectivity index (χ0) is 15.0. The summed E-state index contributed by atoms with van der Waals surface area (Å²) in [6.45, 7) is 7.77. The van der Waals surface area contributed by atoms with Crippen LogP contribution in [0.3, 0.4) is 0 Å². The summed E-state index contributed by atoms with van der Waals surface area (Å²) in [6.07, 6.45) is 2.56. The zero-order valence-electron chi connectivity index (χ0n) is 12.6. The fourth-order valence-electron chi connectivity index (χ4n) is 1.93. The zero-order valence-corrected chi connectivity index (χ0v) is 13.4. The van der Waals surface area contributed by atoms with Crippen LogP contribution in [0.4, 0.5) is 0 Å². The van der Waals surface area contributed by atoms with E-state index in [4.69, 9.17) is 4.74 Å². The second-order valence-corrected chi connectivity index (χ2v) is 6.66. The number of ether oxygens (including phenoxy) is 1. The Kier molecular flexibility index (Phi) is 7.02. The van der Waals surface area contributed by atoms with Crippen molar-refractivity contribution in [2.75, 3.05) is 19.7 Å². The molecular formula is C15H25NO3S. The van der Waals surface area contributed by atoms with Crippen LogP contribution in [-0.4, -0.2) is 32.4 Å². The first-order valence-electron chi connectivity index (χ1n) is 7.29. The summed E-state index contributed by atoms with van der Waals surface area (Å²) in [5.41, 5.74) is 0. The lowest BCUT2D eigenvalue weighted by Gasteiger charge is -2.21. The van der Waals surface area contributed by atoms with Gasteiger partial charge in [0.15, 0.2) is 0 Å². The fraction of sp³-hybridized carbons (Fsp3) is 0.600. The van der Waals surface area contributed by atoms with E-state index in [-0.39, 0.29) is 0 Å². The Balaban J connectivity index is 2.90. The highest BCUT2D eigenvalue weighted by atomic mass is 32.2. The highest BCUT2D eigenvalue weighted by Gasteiger charge is 2.22. The van der Waals surface area contributed by atoms with Crippen LogP contribution in [0.2, 0.25) is 0 Å². The first-order valence-corrected chi connectivity index (χ1v) is 8.73. The highest BCUT2D eigenvalue weighted by molar-refractivity contribution is 7.89. The molecule has 0 N–H and O–H groups in total. The van der Waals surface area contributed by atoms with Crippen molar-refractivity contribution in [3.8, 4) is 5.75 Å². The monoisotopic (exact) mass is 299 g/mol. The largest absolute Gasteiger partial charge is 0.494 e. The highest BCUT2D eigenvalue weighted by Crippen LogP contribution is 2.20. The lowest BCUT2D eigenvalue weighted by atomic mass is 10.3. The molecule has 0 fully saturated rings. The van der Waals surface area contributed by atoms with Gasteiger partial charge in [0.1, 0.15) is 5.75 Å². The minimum Gasteiger partial charge on any atom is -0.494 e. The average Bonchev–Trinajstić information content (AvgIpc) is 2.45. The van der Waals surface area contributed by atoms with Crippen LogP contribution in [0.5, 0.6) is 5.75 Å². The third-order valence-corrected chi connectivity index (χ3v) is 4.79. The predicted molar refractivity (Wildman–Crippen MR) is 81.6 cm³/mol. The molecular weight excluding hydrogens is 274 g/mol. The van der Waals surface area contributed by atoms with Crippen molar-refractivity contribution in [2.24, 2.45) is 0 Å². The first kappa shape index (κ1) is 17.0. The summed E-state index contributed by atoms with van der Waals surface area (Å²) in [7, 11) is -3.38. The Morgan fingerprint density at radius 3 is 1.95 bits per heavy atom. The molecule has 0 saturated heterocycles. The first-order chi connectivity index (χ1) is 9.56. The Morgan fingerprint density at radius 2 is 1.50 bits per heavy atom. The fourth-order valence-corrected chi connectivity index (χ4v) is 3.55. The van der Waals surface area contributed by atoms with Crippen molar-refractivity contribution in [1.29, 1.82) is 0 Å². The van der Waals surface area contributed by atoms with Crippen molar-refractivity contribution in [2.45, 2.75) is 44.9 Å². The molecule has 4 nitrogen and oxygen atoms in total. The molecule has 0 aromatic heterocycles. The molecule has 5 heteroatoms. The van der Waals surface area contributed by atoms with Gasteiger partial charge in [-0.2, -0.15) is 4.31 Å². The van der Waals surface area contributed by atoms with Crippen LogP contribution in [0.25, 0.3) is 0 Å². The number of sulfonamides is 1. The van der Waals surface area contributed by atoms with Crippen LogP contribution in [0, 0.1) is 0 Å². The van der Waals surface area contributed by atoms with Gasteiger partial charge in [-0.3, -0.25) is 0 Å². The molecule has 0 saturated carbocycles. The molecule has 0 heterocycles. The number of hydrogen-bond donors (Lipinski definition) is 0. The minimum atomic E-state index is -3.38. The summed E-state index contributed by atoms with van der Waals surface area (Å²) in [5, 5.41) is 0. The van der Waals surface area contributed by atoms with Gasteiger partial charge in [0.25, 0.3) is 0 Å². The van der Waals surface area contributed by atoms with Crippen molar-refractivity contribution >= 4 is 10.0 Å². The van der Waals surface area contributed by atoms with E-state index in [1.165, 1.54) is 0 Å². The third kappa shape index (κ3) is 4.49. The molecule has 1 aromatic carbocycles. The molecule has 0 radical (unpaired) electrons. The SMILES string of the molecule is CCCOc1ccc(S(=O)(=O)N(CCC)CCC)cc1. The Labute approximate surface area is 122 Å². The van der Waals surface area contributed by atoms with Gasteiger partial charge in [-0.1, -0.05) is 20.8 Å². The second kappa shape index (κ2) is 8.27. The summed E-state index contributed by atoms with van der Waals surface area (Å²) in [6, 6.07) is 6.69. The molecule has 0 spiro atoms. The van der Waals surface area contributed by atoms with Crippen LogP contribution in [-0.2, 0) is 10.0 Å². The van der Waals surface area contributed by atoms with E-state index in [9.17, 15) is 8.42 Å². The summed E-state index contributed by atoms with van der Waals surface area (Å²) in [5.74, 6) is 0.711. The Bertz CT molecular complexity index is 476. The van der Waals surface area contributed by atoms with E-state index in [0.717, 1.165) is 19.3 Å². The summed E-state index contributed by atoms with van der Waals surface area (Å²) < 4.78 is 32.1. The van der Waals surface area contributed by atoms with Gasteiger partial charge in [0.2, 0.25) is 10.0 Å². The van der Waals surface area contributed by atoms with Gasteiger partial charge >= 0.3 is 0 Å². The van der Waals surface area contributed by atoms with Crippen LogP contribution in [0.1, 0.15) is 40.0 Å². The quantitative estimate of drug-likeness (QED) is 0.703. The number of rotatable bonds is 9. The molecule has 0 amide bonds. The lowest BCUT2D eigenvalue weighted by molar-refractivity contribution is 0.317. The molecule has 0 aliphatic rings. The van der Waals surface area contributed by atoms with Gasteiger partial charge in [-0.15, -0.1) is 0 Å². The maximum absolute atomic E-state index is 12.5. The molecule has 0 bridgehead atoms. The van der Waals surface area contributed by atoms with Gasteiger partial charge in [-0.25, -0.2) is 8.42 Å². The molecule has 0 unspecified atom stereocenters. The van der Waals surface area contributed by atoms with E-state index in [1.807, 2.05) is 20.8 Å². The van der Waals surface area contributed by atoms with Crippen molar-refractivity contribution in [3.63, 3.8) is 0 Å². The minimum absolute atomic E-state index is 0.336. The molecule has 0 aliphatic heterocycles. The summed E-state index contributed by atoms with van der Waals surface area (Å²) in [4.78, 5) is 0.336. The molecule has 114 valence electrons. The number of hydrogen-bond acceptors (Lipinski definition) is 3. The smallest absolute Gasteiger partial charge is 0.243 e. The molecule has 1 rings (SSSR count). The van der Waals surface area contributed by atoms with E-state index in [1.54, 1.807) is 28.6 Å². The van der Waals surface area contributed by atoms with Gasteiger partial charge in [0.05, 0.1) is 11.5 Å². The Hall–Kier alpha value is -1.07. The maximum Gasteiger partial charge on any atom is 0.243 e. The van der Waals surface area contributed by atoms with Crippen molar-refractivity contribution in [3.05, 3.63) is 24.3 Å². The maximum atomic E-state index is 12.5. The van der Waals surface area contributed by atoms with E-state index >= 15 is 0 Å². The van der Waals surface area contributed by atoms with Crippen LogP contribution >= 0.6 is 0 Å². The standard InChI is InChI=1S/C15H25NO3S/c1-4-11-16(12-5-2)20(17,18)15-9-7-14(8-10-15)19-13-6-3/h7-10H,4-6,11-13H2,1-3H3. The van der Waals surface area contributed by atoms with E-state index in [2.05, 4.69) is 0 Å². The van der Waals surface area contributed by atoms with Crippen molar-refractivity contribution in [1.82, 2.24) is 4.31 Å². The molecule has 20 heavy (non-hydrogen) atoms. The van der Waals surface area contributed by atoms with E-state index in [0.29, 0.717) is 30.3 Å². The lowest BCUT2D eigenvalue weighted by Crippen LogP contribution is -2.32. The molecule has 0 atom stereocenters.